The summed E-state index contributed by atoms with van der Waals surface area (Å²) in [7, 11) is 0. The predicted molar refractivity (Wildman–Crippen MR) is 89.7 cm³/mol. The molecule has 0 radical (unpaired) electrons. The topological polar surface area (TPSA) is 55.1 Å². The normalized spacial score (nSPS) is 10.3. The van der Waals surface area contributed by atoms with Crippen molar-refractivity contribution in [1.29, 1.82) is 0 Å². The molecule has 0 bridgehead atoms. The molecule has 0 fully saturated rings. The average molecular weight is 401 g/mol. The number of benzene rings is 2. The van der Waals surface area contributed by atoms with Crippen LogP contribution in [-0.4, -0.2) is 5.91 Å². The smallest absolute Gasteiger partial charge is 0.252 e. The highest BCUT2D eigenvalue weighted by atomic mass is 127. The highest BCUT2D eigenvalue weighted by Gasteiger charge is 2.10. The summed E-state index contributed by atoms with van der Waals surface area (Å²) in [6, 6.07) is 13.1. The number of nitrogens with two attached hydrogens (primary N) is 1. The van der Waals surface area contributed by atoms with Crippen molar-refractivity contribution in [3.8, 4) is 0 Å². The summed E-state index contributed by atoms with van der Waals surface area (Å²) in [5, 5.41) is 3.45. The molecule has 0 saturated carbocycles. The molecule has 2 aromatic rings. The zero-order valence-electron chi connectivity index (χ0n) is 10.7. The van der Waals surface area contributed by atoms with E-state index >= 15 is 0 Å². The number of carbonyl (C=O) groups is 1. The highest BCUT2D eigenvalue weighted by Crippen LogP contribution is 2.18. The Hall–Kier alpha value is -1.11. The number of amides is 1. The Morgan fingerprint density at radius 3 is 2.45 bits per heavy atom. The first-order chi connectivity index (χ1) is 9.60. The molecular weight excluding hydrogens is 387 g/mol. The van der Waals surface area contributed by atoms with Gasteiger partial charge in [-0.25, -0.2) is 0 Å². The zero-order chi connectivity index (χ0) is 14.5. The van der Waals surface area contributed by atoms with Crippen LogP contribution in [0.3, 0.4) is 0 Å². The first kappa shape index (κ1) is 15.3. The summed E-state index contributed by atoms with van der Waals surface area (Å²) < 4.78 is 0.878. The molecular formula is C15H14ClIN2O. The van der Waals surface area contributed by atoms with Gasteiger partial charge in [-0.2, -0.15) is 0 Å². The molecule has 104 valence electrons. The maximum absolute atomic E-state index is 12.1. The number of carbonyl (C=O) groups excluding carboxylic acids is 1. The second kappa shape index (κ2) is 7.06. The van der Waals surface area contributed by atoms with Gasteiger partial charge in [-0.1, -0.05) is 35.9 Å². The summed E-state index contributed by atoms with van der Waals surface area (Å²) in [5.74, 6) is -0.125. The Bertz CT molecular complexity index is 614. The lowest BCUT2D eigenvalue weighted by Gasteiger charge is -2.08. The van der Waals surface area contributed by atoms with E-state index in [-0.39, 0.29) is 5.91 Å². The Labute approximate surface area is 136 Å². The summed E-state index contributed by atoms with van der Waals surface area (Å²) >= 11 is 8.04. The third-order valence-electron chi connectivity index (χ3n) is 2.88. The zero-order valence-corrected chi connectivity index (χ0v) is 13.6. The van der Waals surface area contributed by atoms with Gasteiger partial charge in [0.15, 0.2) is 0 Å². The van der Waals surface area contributed by atoms with Crippen molar-refractivity contribution in [2.24, 2.45) is 5.73 Å². The number of hydrogen-bond acceptors (Lipinski definition) is 2. The van der Waals surface area contributed by atoms with Crippen LogP contribution in [-0.2, 0) is 13.1 Å². The van der Waals surface area contributed by atoms with E-state index in [4.69, 9.17) is 17.3 Å². The van der Waals surface area contributed by atoms with Crippen LogP contribution in [0.2, 0.25) is 5.02 Å². The Kier molecular flexibility index (Phi) is 5.39. The Morgan fingerprint density at radius 2 is 1.80 bits per heavy atom. The highest BCUT2D eigenvalue weighted by molar-refractivity contribution is 14.1. The fourth-order valence-corrected chi connectivity index (χ4v) is 2.49. The second-order valence-electron chi connectivity index (χ2n) is 4.33. The number of hydrogen-bond donors (Lipinski definition) is 2. The lowest BCUT2D eigenvalue weighted by atomic mass is 10.1. The lowest BCUT2D eigenvalue weighted by molar-refractivity contribution is 0.0950. The molecule has 0 heterocycles. The van der Waals surface area contributed by atoms with Crippen LogP contribution >= 0.6 is 34.2 Å². The molecule has 0 saturated heterocycles. The van der Waals surface area contributed by atoms with Gasteiger partial charge in [0.1, 0.15) is 0 Å². The van der Waals surface area contributed by atoms with Crippen molar-refractivity contribution < 1.29 is 4.79 Å². The molecule has 3 nitrogen and oxygen atoms in total. The molecule has 0 aliphatic carbocycles. The lowest BCUT2D eigenvalue weighted by Crippen LogP contribution is -2.23. The monoisotopic (exact) mass is 400 g/mol. The van der Waals surface area contributed by atoms with Crippen LogP contribution in [0, 0.1) is 3.57 Å². The van der Waals surface area contributed by atoms with Crippen LogP contribution in [0.25, 0.3) is 0 Å². The molecule has 0 spiro atoms. The molecule has 2 aromatic carbocycles. The Balaban J connectivity index is 2.02. The van der Waals surface area contributed by atoms with Crippen molar-refractivity contribution in [2.75, 3.05) is 0 Å². The maximum atomic E-state index is 12.1. The fourth-order valence-electron chi connectivity index (χ4n) is 1.74. The molecule has 1 amide bonds. The molecule has 0 aromatic heterocycles. The summed E-state index contributed by atoms with van der Waals surface area (Å²) in [5.41, 5.74) is 8.25. The van der Waals surface area contributed by atoms with Crippen LogP contribution in [0.15, 0.2) is 42.5 Å². The average Bonchev–Trinajstić information content (AvgIpc) is 2.47. The summed E-state index contributed by atoms with van der Waals surface area (Å²) in [4.78, 5) is 12.1. The number of halogens is 2. The molecule has 2 rings (SSSR count). The first-order valence-corrected chi connectivity index (χ1v) is 7.57. The maximum Gasteiger partial charge on any atom is 0.252 e. The van der Waals surface area contributed by atoms with Crippen LogP contribution in [0.5, 0.6) is 0 Å². The Morgan fingerprint density at radius 1 is 1.15 bits per heavy atom. The van der Waals surface area contributed by atoms with Gasteiger partial charge >= 0.3 is 0 Å². The molecule has 0 aliphatic rings. The molecule has 20 heavy (non-hydrogen) atoms. The molecule has 0 atom stereocenters. The summed E-state index contributed by atoms with van der Waals surface area (Å²) in [6.07, 6.45) is 0. The van der Waals surface area contributed by atoms with Crippen molar-refractivity contribution in [1.82, 2.24) is 5.32 Å². The van der Waals surface area contributed by atoms with E-state index in [9.17, 15) is 4.79 Å². The van der Waals surface area contributed by atoms with Gasteiger partial charge in [0.25, 0.3) is 5.91 Å². The molecule has 5 heteroatoms. The quantitative estimate of drug-likeness (QED) is 0.774. The third-order valence-corrected chi connectivity index (χ3v) is 4.06. The number of rotatable bonds is 4. The predicted octanol–water partition coefficient (Wildman–Crippen LogP) is 3.33. The van der Waals surface area contributed by atoms with E-state index in [1.807, 2.05) is 30.3 Å². The third kappa shape index (κ3) is 3.94. The number of nitrogens with one attached hydrogen (secondary N) is 1. The van der Waals surface area contributed by atoms with Gasteiger partial charge in [-0.3, -0.25) is 4.79 Å². The SMILES string of the molecule is NCc1ccc(CNC(=O)c2cc(Cl)ccc2I)cc1. The minimum atomic E-state index is -0.125. The summed E-state index contributed by atoms with van der Waals surface area (Å²) in [6.45, 7) is 1.000. The van der Waals surface area contributed by atoms with E-state index in [1.165, 1.54) is 0 Å². The molecule has 0 unspecified atom stereocenters. The first-order valence-electron chi connectivity index (χ1n) is 6.11. The standard InChI is InChI=1S/C15H14ClIN2O/c16-12-5-6-14(17)13(7-12)15(20)19-9-11-3-1-10(8-18)2-4-11/h1-7H,8-9,18H2,(H,19,20). The van der Waals surface area contributed by atoms with Gasteiger partial charge in [0.2, 0.25) is 0 Å². The van der Waals surface area contributed by atoms with E-state index in [2.05, 4.69) is 27.9 Å². The van der Waals surface area contributed by atoms with Crippen molar-refractivity contribution in [3.05, 3.63) is 67.7 Å². The van der Waals surface area contributed by atoms with Crippen LogP contribution < -0.4 is 11.1 Å². The van der Waals surface area contributed by atoms with Crippen molar-refractivity contribution >= 4 is 40.1 Å². The second-order valence-corrected chi connectivity index (χ2v) is 5.93. The van der Waals surface area contributed by atoms with E-state index < -0.39 is 0 Å². The minimum Gasteiger partial charge on any atom is -0.348 e. The van der Waals surface area contributed by atoms with E-state index in [0.29, 0.717) is 23.7 Å². The largest absolute Gasteiger partial charge is 0.348 e. The van der Waals surface area contributed by atoms with Crippen LogP contribution in [0.4, 0.5) is 0 Å². The molecule has 0 aliphatic heterocycles. The van der Waals surface area contributed by atoms with E-state index in [0.717, 1.165) is 14.7 Å². The van der Waals surface area contributed by atoms with Gasteiger partial charge in [-0.05, 0) is 51.9 Å². The van der Waals surface area contributed by atoms with Gasteiger partial charge in [0.05, 0.1) is 5.56 Å². The van der Waals surface area contributed by atoms with Crippen LogP contribution in [0.1, 0.15) is 21.5 Å². The van der Waals surface area contributed by atoms with Gasteiger partial charge in [-0.15, -0.1) is 0 Å². The molecule has 3 N–H and O–H groups in total. The van der Waals surface area contributed by atoms with Gasteiger partial charge in [0, 0.05) is 21.7 Å². The fraction of sp³-hybridized carbons (Fsp3) is 0.133. The van der Waals surface area contributed by atoms with Crippen molar-refractivity contribution in [2.45, 2.75) is 13.1 Å². The van der Waals surface area contributed by atoms with E-state index in [1.54, 1.807) is 12.1 Å². The van der Waals surface area contributed by atoms with Gasteiger partial charge < -0.3 is 11.1 Å². The minimum absolute atomic E-state index is 0.125. The van der Waals surface area contributed by atoms with Crippen molar-refractivity contribution in [3.63, 3.8) is 0 Å².